The summed E-state index contributed by atoms with van der Waals surface area (Å²) in [6.45, 7) is 0. The molecule has 0 unspecified atom stereocenters. The minimum Gasteiger partial charge on any atom is -0.481 e. The van der Waals surface area contributed by atoms with Gasteiger partial charge in [0.15, 0.2) is 0 Å². The Labute approximate surface area is 124 Å². The molecule has 0 saturated carbocycles. The first-order chi connectivity index (χ1) is 10.8. The summed E-state index contributed by atoms with van der Waals surface area (Å²) in [6, 6.07) is 5.58. The molecule has 4 heterocycles. The van der Waals surface area contributed by atoms with Crippen LogP contribution in [0.2, 0.25) is 0 Å². The van der Waals surface area contributed by atoms with E-state index in [-0.39, 0.29) is 0 Å². The molecule has 4 aromatic heterocycles. The number of hydrogen-bond donors (Lipinski definition) is 1. The second-order valence-electron chi connectivity index (χ2n) is 4.62. The number of fused-ring (bicyclic) bond motifs is 1. The van der Waals surface area contributed by atoms with Gasteiger partial charge in [-0.15, -0.1) is 5.10 Å². The molecule has 0 bridgehead atoms. The second kappa shape index (κ2) is 4.92. The van der Waals surface area contributed by atoms with Gasteiger partial charge in [0, 0.05) is 12.3 Å². The predicted molar refractivity (Wildman–Crippen MR) is 78.6 cm³/mol. The maximum absolute atomic E-state index is 5.05. The lowest BCUT2D eigenvalue weighted by molar-refractivity contribution is 0.398. The lowest BCUT2D eigenvalue weighted by Gasteiger charge is -2.02. The van der Waals surface area contributed by atoms with E-state index in [2.05, 4.69) is 30.4 Å². The van der Waals surface area contributed by atoms with Crippen LogP contribution >= 0.6 is 0 Å². The van der Waals surface area contributed by atoms with Gasteiger partial charge >= 0.3 is 0 Å². The first-order valence-corrected chi connectivity index (χ1v) is 6.55. The molecular weight excluding hydrogens is 282 g/mol. The van der Waals surface area contributed by atoms with Crippen LogP contribution in [0.25, 0.3) is 28.1 Å². The number of nitrogens with one attached hydrogen (secondary N) is 1. The smallest absolute Gasteiger partial charge is 0.213 e. The van der Waals surface area contributed by atoms with E-state index in [1.165, 1.54) is 0 Å². The molecule has 108 valence electrons. The summed E-state index contributed by atoms with van der Waals surface area (Å²) in [5.74, 6) is 0.572. The molecule has 0 amide bonds. The molecule has 4 aromatic rings. The van der Waals surface area contributed by atoms with Crippen LogP contribution in [0, 0.1) is 0 Å². The molecule has 0 aliphatic heterocycles. The van der Waals surface area contributed by atoms with Crippen molar-refractivity contribution in [2.75, 3.05) is 7.11 Å². The second-order valence-corrected chi connectivity index (χ2v) is 4.62. The highest BCUT2D eigenvalue weighted by molar-refractivity contribution is 5.76. The van der Waals surface area contributed by atoms with E-state index in [0.717, 1.165) is 28.1 Å². The SMILES string of the molecule is COc1ccc(-n2cnc(-c3cc4[nH]nnc4cn3)c2)cn1. The monoisotopic (exact) mass is 293 g/mol. The Bertz CT molecular complexity index is 926. The van der Waals surface area contributed by atoms with E-state index in [1.54, 1.807) is 31.9 Å². The largest absolute Gasteiger partial charge is 0.481 e. The van der Waals surface area contributed by atoms with Gasteiger partial charge in [0.25, 0.3) is 0 Å². The lowest BCUT2D eigenvalue weighted by atomic mass is 10.2. The number of ether oxygens (including phenoxy) is 1. The molecule has 22 heavy (non-hydrogen) atoms. The van der Waals surface area contributed by atoms with Crippen LogP contribution in [0.1, 0.15) is 0 Å². The minimum atomic E-state index is 0.572. The number of imidazole rings is 1. The molecule has 0 aliphatic rings. The van der Waals surface area contributed by atoms with E-state index < -0.39 is 0 Å². The molecule has 0 radical (unpaired) electrons. The first kappa shape index (κ1) is 12.5. The molecule has 8 nitrogen and oxygen atoms in total. The van der Waals surface area contributed by atoms with E-state index in [1.807, 2.05) is 22.9 Å². The van der Waals surface area contributed by atoms with Crippen LogP contribution in [-0.4, -0.2) is 42.0 Å². The number of nitrogens with zero attached hydrogens (tertiary/aromatic N) is 6. The van der Waals surface area contributed by atoms with Crippen LogP contribution < -0.4 is 4.74 Å². The maximum atomic E-state index is 5.05. The standard InChI is InChI=1S/C14H11N7O/c1-22-14-3-2-9(5-16-14)21-7-13(17-8-21)10-4-11-12(6-15-10)19-20-18-11/h2-8H,1H3,(H,18,19,20). The van der Waals surface area contributed by atoms with Crippen molar-refractivity contribution in [3.05, 3.63) is 43.1 Å². The Balaban J connectivity index is 1.70. The van der Waals surface area contributed by atoms with Crippen molar-refractivity contribution in [2.45, 2.75) is 0 Å². The van der Waals surface area contributed by atoms with Gasteiger partial charge in [0.1, 0.15) is 17.5 Å². The molecule has 0 fully saturated rings. The Morgan fingerprint density at radius 1 is 1.09 bits per heavy atom. The van der Waals surface area contributed by atoms with Crippen molar-refractivity contribution in [3.63, 3.8) is 0 Å². The Morgan fingerprint density at radius 3 is 2.86 bits per heavy atom. The third-order valence-electron chi connectivity index (χ3n) is 3.28. The fourth-order valence-corrected chi connectivity index (χ4v) is 2.13. The summed E-state index contributed by atoms with van der Waals surface area (Å²) in [5, 5.41) is 10.5. The van der Waals surface area contributed by atoms with Crippen LogP contribution in [-0.2, 0) is 0 Å². The molecule has 1 N–H and O–H groups in total. The van der Waals surface area contributed by atoms with Crippen LogP contribution in [0.3, 0.4) is 0 Å². The molecule has 0 aliphatic carbocycles. The molecule has 8 heteroatoms. The van der Waals surface area contributed by atoms with Gasteiger partial charge in [0.2, 0.25) is 5.88 Å². The lowest BCUT2D eigenvalue weighted by Crippen LogP contribution is -1.93. The number of H-pyrrole nitrogens is 1. The first-order valence-electron chi connectivity index (χ1n) is 6.55. The van der Waals surface area contributed by atoms with E-state index in [4.69, 9.17) is 4.74 Å². The fourth-order valence-electron chi connectivity index (χ4n) is 2.13. The number of aromatic amines is 1. The third kappa shape index (κ3) is 2.06. The number of methoxy groups -OCH3 is 1. The molecule has 0 spiro atoms. The summed E-state index contributed by atoms with van der Waals surface area (Å²) in [6.07, 6.45) is 7.00. The third-order valence-corrected chi connectivity index (χ3v) is 3.28. The molecule has 0 saturated heterocycles. The van der Waals surface area contributed by atoms with Crippen molar-refractivity contribution in [2.24, 2.45) is 0 Å². The maximum Gasteiger partial charge on any atom is 0.213 e. The van der Waals surface area contributed by atoms with Crippen molar-refractivity contribution in [1.29, 1.82) is 0 Å². The molecule has 0 aromatic carbocycles. The van der Waals surface area contributed by atoms with Gasteiger partial charge in [-0.25, -0.2) is 9.97 Å². The summed E-state index contributed by atoms with van der Waals surface area (Å²) in [5.41, 5.74) is 3.95. The van der Waals surface area contributed by atoms with Gasteiger partial charge in [-0.1, -0.05) is 5.21 Å². The van der Waals surface area contributed by atoms with Crippen LogP contribution in [0.5, 0.6) is 5.88 Å². The normalized spacial score (nSPS) is 11.0. The summed E-state index contributed by atoms with van der Waals surface area (Å²) in [4.78, 5) is 12.9. The van der Waals surface area contributed by atoms with Gasteiger partial charge in [-0.3, -0.25) is 10.1 Å². The highest BCUT2D eigenvalue weighted by atomic mass is 16.5. The zero-order valence-electron chi connectivity index (χ0n) is 11.6. The van der Waals surface area contributed by atoms with Gasteiger partial charge in [-0.05, 0) is 12.1 Å². The number of aromatic nitrogens is 7. The highest BCUT2D eigenvalue weighted by Gasteiger charge is 2.08. The molecular formula is C14H11N7O. The van der Waals surface area contributed by atoms with Crippen LogP contribution in [0.4, 0.5) is 0 Å². The average Bonchev–Trinajstić information content (AvgIpc) is 3.23. The van der Waals surface area contributed by atoms with Crippen molar-refractivity contribution in [1.82, 2.24) is 34.9 Å². The van der Waals surface area contributed by atoms with Gasteiger partial charge < -0.3 is 9.30 Å². The van der Waals surface area contributed by atoms with E-state index in [0.29, 0.717) is 5.88 Å². The zero-order chi connectivity index (χ0) is 14.9. The molecule has 0 atom stereocenters. The van der Waals surface area contributed by atoms with Crippen LogP contribution in [0.15, 0.2) is 43.1 Å². The van der Waals surface area contributed by atoms with Gasteiger partial charge in [-0.2, -0.15) is 0 Å². The van der Waals surface area contributed by atoms with E-state index >= 15 is 0 Å². The Hall–Kier alpha value is -3.29. The zero-order valence-corrected chi connectivity index (χ0v) is 11.6. The van der Waals surface area contributed by atoms with Crippen molar-refractivity contribution >= 4 is 11.0 Å². The highest BCUT2D eigenvalue weighted by Crippen LogP contribution is 2.20. The van der Waals surface area contributed by atoms with Crippen molar-refractivity contribution in [3.8, 4) is 23.0 Å². The summed E-state index contributed by atoms with van der Waals surface area (Å²) < 4.78 is 6.93. The van der Waals surface area contributed by atoms with Gasteiger partial charge in [0.05, 0.1) is 36.4 Å². The average molecular weight is 293 g/mol. The fraction of sp³-hybridized carbons (Fsp3) is 0.0714. The number of hydrogen-bond acceptors (Lipinski definition) is 6. The molecule has 4 rings (SSSR count). The van der Waals surface area contributed by atoms with Crippen molar-refractivity contribution < 1.29 is 4.74 Å². The minimum absolute atomic E-state index is 0.572. The Kier molecular flexibility index (Phi) is 2.78. The number of rotatable bonds is 3. The summed E-state index contributed by atoms with van der Waals surface area (Å²) >= 11 is 0. The Morgan fingerprint density at radius 2 is 2.05 bits per heavy atom. The number of pyridine rings is 2. The predicted octanol–water partition coefficient (Wildman–Crippen LogP) is 1.61. The quantitative estimate of drug-likeness (QED) is 0.616. The van der Waals surface area contributed by atoms with E-state index in [9.17, 15) is 0 Å². The topological polar surface area (TPSA) is 94.4 Å². The summed E-state index contributed by atoms with van der Waals surface area (Å²) in [7, 11) is 1.59.